The molecule has 0 saturated heterocycles. The number of anilines is 3. The van der Waals surface area contributed by atoms with Crippen LogP contribution in [0.1, 0.15) is 29.6 Å². The highest BCUT2D eigenvalue weighted by atomic mass is 32.1. The predicted octanol–water partition coefficient (Wildman–Crippen LogP) is 4.20. The summed E-state index contributed by atoms with van der Waals surface area (Å²) in [7, 11) is 1.63. The smallest absolute Gasteiger partial charge is 0.221 e. The largest absolute Gasteiger partial charge is 0.495 e. The lowest BCUT2D eigenvalue weighted by Gasteiger charge is -2.14. The number of methoxy groups -OCH3 is 1. The van der Waals surface area contributed by atoms with Crippen LogP contribution in [0.25, 0.3) is 10.2 Å². The zero-order valence-corrected chi connectivity index (χ0v) is 15.8. The van der Waals surface area contributed by atoms with Gasteiger partial charge in [0.25, 0.3) is 0 Å². The molecule has 26 heavy (non-hydrogen) atoms. The lowest BCUT2D eigenvalue weighted by atomic mass is 10.1. The van der Waals surface area contributed by atoms with Crippen LogP contribution in [0.5, 0.6) is 5.75 Å². The van der Waals surface area contributed by atoms with Crippen LogP contribution in [-0.2, 0) is 17.6 Å². The van der Waals surface area contributed by atoms with Crippen molar-refractivity contribution in [2.45, 2.75) is 33.1 Å². The maximum Gasteiger partial charge on any atom is 0.221 e. The van der Waals surface area contributed by atoms with Crippen LogP contribution in [0, 0.1) is 6.92 Å². The van der Waals surface area contributed by atoms with Gasteiger partial charge in [0.15, 0.2) is 0 Å². The number of carbonyl (C=O) groups excluding carboxylic acids is 1. The number of rotatable bonds is 4. The van der Waals surface area contributed by atoms with Gasteiger partial charge in [-0.25, -0.2) is 9.97 Å². The Morgan fingerprint density at radius 2 is 2.12 bits per heavy atom. The average Bonchev–Trinajstić information content (AvgIpc) is 3.14. The van der Waals surface area contributed by atoms with Crippen LogP contribution >= 0.6 is 11.3 Å². The molecule has 2 aromatic heterocycles. The van der Waals surface area contributed by atoms with E-state index < -0.39 is 0 Å². The quantitative estimate of drug-likeness (QED) is 0.722. The van der Waals surface area contributed by atoms with Crippen LogP contribution in [0.4, 0.5) is 17.2 Å². The molecule has 0 fully saturated rings. The van der Waals surface area contributed by atoms with Crippen molar-refractivity contribution in [1.82, 2.24) is 9.97 Å². The van der Waals surface area contributed by atoms with Gasteiger partial charge in [-0.2, -0.15) is 0 Å². The lowest BCUT2D eigenvalue weighted by Crippen LogP contribution is -2.07. The van der Waals surface area contributed by atoms with E-state index in [-0.39, 0.29) is 5.91 Å². The first-order chi connectivity index (χ1) is 12.5. The van der Waals surface area contributed by atoms with Crippen LogP contribution < -0.4 is 15.4 Å². The molecule has 4 rings (SSSR count). The molecule has 134 valence electrons. The zero-order chi connectivity index (χ0) is 18.3. The van der Waals surface area contributed by atoms with Crippen LogP contribution in [0.2, 0.25) is 0 Å². The SMILES string of the molecule is COc1ccc(NC(C)=O)cc1Nc1nc(C)nc2sc3c(c12)CCC3. The van der Waals surface area contributed by atoms with Crippen LogP contribution in [0.15, 0.2) is 18.2 Å². The summed E-state index contributed by atoms with van der Waals surface area (Å²) >= 11 is 1.77. The highest BCUT2D eigenvalue weighted by Crippen LogP contribution is 2.41. The summed E-state index contributed by atoms with van der Waals surface area (Å²) in [5.74, 6) is 2.11. The number of hydrogen-bond donors (Lipinski definition) is 2. The summed E-state index contributed by atoms with van der Waals surface area (Å²) in [5.41, 5.74) is 2.83. The van der Waals surface area contributed by atoms with Crippen molar-refractivity contribution in [1.29, 1.82) is 0 Å². The fourth-order valence-corrected chi connectivity index (χ4v) is 4.71. The number of nitrogens with one attached hydrogen (secondary N) is 2. The van der Waals surface area contributed by atoms with Gasteiger partial charge < -0.3 is 15.4 Å². The van der Waals surface area contributed by atoms with Crippen molar-refractivity contribution in [3.63, 3.8) is 0 Å². The first kappa shape index (κ1) is 16.8. The van der Waals surface area contributed by atoms with Crippen molar-refractivity contribution in [2.75, 3.05) is 17.7 Å². The number of aromatic nitrogens is 2. The molecule has 3 aromatic rings. The molecule has 1 aliphatic carbocycles. The molecule has 0 aliphatic heterocycles. The van der Waals surface area contributed by atoms with E-state index in [1.165, 1.54) is 23.8 Å². The maximum atomic E-state index is 11.4. The van der Waals surface area contributed by atoms with Gasteiger partial charge in [-0.1, -0.05) is 0 Å². The fraction of sp³-hybridized carbons (Fsp3) is 0.316. The van der Waals surface area contributed by atoms with E-state index in [0.717, 1.165) is 40.4 Å². The fourth-order valence-electron chi connectivity index (χ4n) is 3.41. The number of aryl methyl sites for hydroxylation is 3. The van der Waals surface area contributed by atoms with Crippen LogP contribution in [0.3, 0.4) is 0 Å². The first-order valence-corrected chi connectivity index (χ1v) is 9.38. The summed E-state index contributed by atoms with van der Waals surface area (Å²) in [5, 5.41) is 7.33. The molecule has 1 amide bonds. The minimum Gasteiger partial charge on any atom is -0.495 e. The maximum absolute atomic E-state index is 11.4. The van der Waals surface area contributed by atoms with Crippen LogP contribution in [-0.4, -0.2) is 23.0 Å². The Hall–Kier alpha value is -2.67. The summed E-state index contributed by atoms with van der Waals surface area (Å²) < 4.78 is 5.48. The third-order valence-corrected chi connectivity index (χ3v) is 5.64. The van der Waals surface area contributed by atoms with Gasteiger partial charge in [0, 0.05) is 17.5 Å². The van der Waals surface area contributed by atoms with Gasteiger partial charge >= 0.3 is 0 Å². The summed E-state index contributed by atoms with van der Waals surface area (Å²) in [6, 6.07) is 5.50. The lowest BCUT2D eigenvalue weighted by molar-refractivity contribution is -0.114. The Bertz CT molecular complexity index is 1010. The number of benzene rings is 1. The second-order valence-electron chi connectivity index (χ2n) is 6.38. The summed E-state index contributed by atoms with van der Waals surface area (Å²) in [6.45, 7) is 3.39. The predicted molar refractivity (Wildman–Crippen MR) is 105 cm³/mol. The molecule has 0 saturated carbocycles. The average molecular weight is 368 g/mol. The minimum atomic E-state index is -0.114. The highest BCUT2D eigenvalue weighted by molar-refractivity contribution is 7.19. The molecule has 2 heterocycles. The highest BCUT2D eigenvalue weighted by Gasteiger charge is 2.22. The summed E-state index contributed by atoms with van der Waals surface area (Å²) in [6.07, 6.45) is 3.38. The second-order valence-corrected chi connectivity index (χ2v) is 7.46. The molecule has 2 N–H and O–H groups in total. The molecule has 0 unspecified atom stereocenters. The third-order valence-electron chi connectivity index (χ3n) is 4.45. The molecular weight excluding hydrogens is 348 g/mol. The Kier molecular flexibility index (Phi) is 4.24. The number of hydrogen-bond acceptors (Lipinski definition) is 6. The van der Waals surface area contributed by atoms with E-state index in [4.69, 9.17) is 4.74 Å². The van der Waals surface area contributed by atoms with Crippen molar-refractivity contribution in [3.8, 4) is 5.75 Å². The normalized spacial score (nSPS) is 12.9. The standard InChI is InChI=1S/C19H20N4O2S/c1-10-20-18(17-13-5-4-6-16(13)26-19(17)21-10)23-14-9-12(22-11(2)24)7-8-15(14)25-3/h7-9H,4-6H2,1-3H3,(H,22,24)(H,20,21,23). The number of fused-ring (bicyclic) bond motifs is 3. The second kappa shape index (κ2) is 6.57. The van der Waals surface area contributed by atoms with E-state index in [0.29, 0.717) is 11.4 Å². The van der Waals surface area contributed by atoms with Crippen molar-refractivity contribution < 1.29 is 9.53 Å². The number of amides is 1. The Balaban J connectivity index is 1.81. The Labute approximate surface area is 155 Å². The zero-order valence-electron chi connectivity index (χ0n) is 15.0. The van der Waals surface area contributed by atoms with Gasteiger partial charge in [-0.15, -0.1) is 11.3 Å². The van der Waals surface area contributed by atoms with E-state index in [1.54, 1.807) is 18.4 Å². The molecular formula is C19H20N4O2S. The minimum absolute atomic E-state index is 0.114. The van der Waals surface area contributed by atoms with Crippen molar-refractivity contribution in [2.24, 2.45) is 0 Å². The topological polar surface area (TPSA) is 76.1 Å². The molecule has 6 nitrogen and oxygen atoms in total. The molecule has 0 spiro atoms. The first-order valence-electron chi connectivity index (χ1n) is 8.56. The Morgan fingerprint density at radius 1 is 1.27 bits per heavy atom. The number of nitrogens with zero attached hydrogens (tertiary/aromatic N) is 2. The number of thiophene rings is 1. The monoisotopic (exact) mass is 368 g/mol. The van der Waals surface area contributed by atoms with Gasteiger partial charge in [0.05, 0.1) is 18.2 Å². The number of ether oxygens (including phenoxy) is 1. The summed E-state index contributed by atoms with van der Waals surface area (Å²) in [4.78, 5) is 23.1. The van der Waals surface area contributed by atoms with E-state index in [1.807, 2.05) is 25.1 Å². The van der Waals surface area contributed by atoms with Gasteiger partial charge in [-0.3, -0.25) is 4.79 Å². The van der Waals surface area contributed by atoms with Gasteiger partial charge in [-0.05, 0) is 49.9 Å². The number of carbonyl (C=O) groups is 1. The van der Waals surface area contributed by atoms with Gasteiger partial charge in [0.2, 0.25) is 5.91 Å². The van der Waals surface area contributed by atoms with Crippen molar-refractivity contribution in [3.05, 3.63) is 34.5 Å². The Morgan fingerprint density at radius 3 is 2.88 bits per heavy atom. The van der Waals surface area contributed by atoms with Gasteiger partial charge in [0.1, 0.15) is 22.2 Å². The molecule has 1 aromatic carbocycles. The molecule has 7 heteroatoms. The van der Waals surface area contributed by atoms with Crippen molar-refractivity contribution >= 4 is 44.7 Å². The molecule has 0 bridgehead atoms. The molecule has 0 atom stereocenters. The van der Waals surface area contributed by atoms with E-state index >= 15 is 0 Å². The molecule has 0 radical (unpaired) electrons. The van der Waals surface area contributed by atoms with E-state index in [2.05, 4.69) is 20.6 Å². The van der Waals surface area contributed by atoms with E-state index in [9.17, 15) is 4.79 Å². The molecule has 1 aliphatic rings. The third kappa shape index (κ3) is 2.99.